The Morgan fingerprint density at radius 3 is 2.43 bits per heavy atom. The Kier molecular flexibility index (Phi) is 4.00. The Balaban J connectivity index is 2.75. The molecule has 0 unspecified atom stereocenters. The van der Waals surface area contributed by atoms with Gasteiger partial charge in [0.15, 0.2) is 11.6 Å². The highest BCUT2D eigenvalue weighted by Crippen LogP contribution is 2.21. The molecule has 78 valence electrons. The summed E-state index contributed by atoms with van der Waals surface area (Å²) in [6.07, 6.45) is 1.93. The Morgan fingerprint density at radius 1 is 1.36 bits per heavy atom. The molecule has 1 aromatic carbocycles. The van der Waals surface area contributed by atoms with Crippen molar-refractivity contribution >= 4 is 23.1 Å². The molecule has 1 rings (SSSR count). The molecule has 14 heavy (non-hydrogen) atoms. The average molecular weight is 218 g/mol. The predicted octanol–water partition coefficient (Wildman–Crippen LogP) is 2.32. The van der Waals surface area contributed by atoms with Crippen LogP contribution in [0.15, 0.2) is 12.1 Å². The van der Waals surface area contributed by atoms with Gasteiger partial charge < -0.3 is 11.1 Å². The summed E-state index contributed by atoms with van der Waals surface area (Å²) in [6.45, 7) is 0.527. The molecule has 0 saturated heterocycles. The van der Waals surface area contributed by atoms with Crippen molar-refractivity contribution in [3.63, 3.8) is 0 Å². The first-order valence-corrected chi connectivity index (χ1v) is 5.52. The minimum atomic E-state index is -0.649. The topological polar surface area (TPSA) is 38.0 Å². The van der Waals surface area contributed by atoms with Crippen LogP contribution >= 0.6 is 11.8 Å². The van der Waals surface area contributed by atoms with E-state index in [1.165, 1.54) is 0 Å². The van der Waals surface area contributed by atoms with E-state index in [0.717, 1.165) is 17.9 Å². The number of thioether (sulfide) groups is 1. The van der Waals surface area contributed by atoms with Crippen molar-refractivity contribution in [2.45, 2.75) is 0 Å². The summed E-state index contributed by atoms with van der Waals surface area (Å²) in [5.74, 6) is -0.504. The van der Waals surface area contributed by atoms with Crippen molar-refractivity contribution in [2.75, 3.05) is 29.6 Å². The van der Waals surface area contributed by atoms with Gasteiger partial charge >= 0.3 is 0 Å². The van der Waals surface area contributed by atoms with Crippen LogP contribution in [0.3, 0.4) is 0 Å². The monoisotopic (exact) mass is 218 g/mol. The molecule has 0 aliphatic heterocycles. The second kappa shape index (κ2) is 5.05. The van der Waals surface area contributed by atoms with Crippen LogP contribution in [0.4, 0.5) is 20.2 Å². The first-order valence-electron chi connectivity index (χ1n) is 4.12. The highest BCUT2D eigenvalue weighted by Gasteiger charge is 2.08. The Bertz CT molecular complexity index is 295. The van der Waals surface area contributed by atoms with Crippen LogP contribution in [0.5, 0.6) is 0 Å². The lowest BCUT2D eigenvalue weighted by Gasteiger charge is -2.08. The maximum Gasteiger partial charge on any atom is 0.151 e. The second-order valence-corrected chi connectivity index (χ2v) is 3.76. The number of rotatable bonds is 4. The van der Waals surface area contributed by atoms with Crippen LogP contribution in [-0.2, 0) is 0 Å². The molecule has 0 radical (unpaired) electrons. The molecule has 0 fully saturated rings. The van der Waals surface area contributed by atoms with Crippen LogP contribution < -0.4 is 11.1 Å². The zero-order valence-electron chi connectivity index (χ0n) is 7.81. The number of hydrogen-bond donors (Lipinski definition) is 2. The summed E-state index contributed by atoms with van der Waals surface area (Å²) >= 11 is 1.60. The minimum absolute atomic E-state index is 0.0930. The van der Waals surface area contributed by atoms with Crippen molar-refractivity contribution in [3.05, 3.63) is 23.8 Å². The van der Waals surface area contributed by atoms with Gasteiger partial charge in [-0.1, -0.05) is 0 Å². The summed E-state index contributed by atoms with van der Waals surface area (Å²) in [7, 11) is 0. The van der Waals surface area contributed by atoms with E-state index < -0.39 is 11.6 Å². The molecule has 0 saturated carbocycles. The highest BCUT2D eigenvalue weighted by atomic mass is 32.2. The Labute approximate surface area is 85.9 Å². The third kappa shape index (κ3) is 2.77. The van der Waals surface area contributed by atoms with E-state index >= 15 is 0 Å². The highest BCUT2D eigenvalue weighted by molar-refractivity contribution is 7.98. The molecule has 0 aliphatic carbocycles. The smallest absolute Gasteiger partial charge is 0.151 e. The quantitative estimate of drug-likeness (QED) is 0.601. The van der Waals surface area contributed by atoms with E-state index in [-0.39, 0.29) is 11.4 Å². The predicted molar refractivity (Wildman–Crippen MR) is 57.6 cm³/mol. The van der Waals surface area contributed by atoms with Gasteiger partial charge in [0.1, 0.15) is 5.69 Å². The summed E-state index contributed by atoms with van der Waals surface area (Å²) < 4.78 is 26.3. The average Bonchev–Trinajstić information content (AvgIpc) is 2.09. The number of benzene rings is 1. The third-order valence-electron chi connectivity index (χ3n) is 1.67. The molecule has 0 bridgehead atoms. The molecule has 1 aromatic rings. The zero-order valence-corrected chi connectivity index (χ0v) is 8.63. The molecule has 0 atom stereocenters. The van der Waals surface area contributed by atoms with E-state index in [1.807, 2.05) is 6.26 Å². The van der Waals surface area contributed by atoms with Crippen LogP contribution in [-0.4, -0.2) is 18.6 Å². The van der Waals surface area contributed by atoms with E-state index in [1.54, 1.807) is 11.8 Å². The van der Waals surface area contributed by atoms with E-state index in [4.69, 9.17) is 5.73 Å². The van der Waals surface area contributed by atoms with E-state index in [9.17, 15) is 8.78 Å². The largest absolute Gasteiger partial charge is 0.399 e. The number of nitrogen functional groups attached to an aromatic ring is 1. The molecule has 2 nitrogen and oxygen atoms in total. The molecular formula is C9H12F2N2S. The molecule has 0 spiro atoms. The number of hydrogen-bond acceptors (Lipinski definition) is 3. The molecular weight excluding hydrogens is 206 g/mol. The summed E-state index contributed by atoms with van der Waals surface area (Å²) in [6, 6.07) is 2.20. The number of halogens is 2. The van der Waals surface area contributed by atoms with Gasteiger partial charge in [0, 0.05) is 18.0 Å². The molecule has 0 amide bonds. The fourth-order valence-electron chi connectivity index (χ4n) is 1.04. The standard InChI is InChI=1S/C9H12F2N2S/c1-14-3-2-13-9-7(10)4-6(12)5-8(9)11/h4-5,13H,2-3,12H2,1H3. The van der Waals surface area contributed by atoms with Crippen LogP contribution in [0.25, 0.3) is 0 Å². The molecule has 0 heterocycles. The van der Waals surface area contributed by atoms with Crippen molar-refractivity contribution in [3.8, 4) is 0 Å². The summed E-state index contributed by atoms with van der Waals surface area (Å²) in [4.78, 5) is 0. The first-order chi connectivity index (χ1) is 6.65. The fraction of sp³-hybridized carbons (Fsp3) is 0.333. The van der Waals surface area contributed by atoms with Gasteiger partial charge in [0.2, 0.25) is 0 Å². The summed E-state index contributed by atoms with van der Waals surface area (Å²) in [5.41, 5.74) is 5.26. The van der Waals surface area contributed by atoms with Crippen molar-refractivity contribution in [2.24, 2.45) is 0 Å². The van der Waals surface area contributed by atoms with Gasteiger partial charge in [0.05, 0.1) is 0 Å². The lowest BCUT2D eigenvalue weighted by Crippen LogP contribution is -2.08. The van der Waals surface area contributed by atoms with Gasteiger partial charge in [-0.3, -0.25) is 0 Å². The third-order valence-corrected chi connectivity index (χ3v) is 2.28. The van der Waals surface area contributed by atoms with Crippen molar-refractivity contribution < 1.29 is 8.78 Å². The lowest BCUT2D eigenvalue weighted by atomic mass is 10.2. The Hall–Kier alpha value is -0.970. The normalized spacial score (nSPS) is 10.2. The van der Waals surface area contributed by atoms with E-state index in [2.05, 4.69) is 5.32 Å². The van der Waals surface area contributed by atoms with Gasteiger partial charge in [-0.25, -0.2) is 8.78 Å². The van der Waals surface area contributed by atoms with Crippen LogP contribution in [0.1, 0.15) is 0 Å². The first kappa shape index (κ1) is 11.1. The molecule has 3 N–H and O–H groups in total. The number of nitrogens with one attached hydrogen (secondary N) is 1. The summed E-state index contributed by atoms with van der Waals surface area (Å²) in [5, 5.41) is 2.68. The maximum absolute atomic E-state index is 13.1. The molecule has 0 aromatic heterocycles. The SMILES string of the molecule is CSCCNc1c(F)cc(N)cc1F. The Morgan fingerprint density at radius 2 is 1.93 bits per heavy atom. The number of nitrogens with two attached hydrogens (primary N) is 1. The zero-order chi connectivity index (χ0) is 10.6. The molecule has 5 heteroatoms. The number of anilines is 2. The van der Waals surface area contributed by atoms with Crippen LogP contribution in [0, 0.1) is 11.6 Å². The lowest BCUT2D eigenvalue weighted by molar-refractivity contribution is 0.590. The van der Waals surface area contributed by atoms with Crippen molar-refractivity contribution in [1.29, 1.82) is 0 Å². The van der Waals surface area contributed by atoms with E-state index in [0.29, 0.717) is 6.54 Å². The fourth-order valence-corrected chi connectivity index (χ4v) is 1.35. The molecule has 0 aliphatic rings. The van der Waals surface area contributed by atoms with Gasteiger partial charge in [-0.05, 0) is 18.4 Å². The maximum atomic E-state index is 13.1. The van der Waals surface area contributed by atoms with Crippen molar-refractivity contribution in [1.82, 2.24) is 0 Å². The second-order valence-electron chi connectivity index (χ2n) is 2.78. The minimum Gasteiger partial charge on any atom is -0.399 e. The van der Waals surface area contributed by atoms with Gasteiger partial charge in [-0.15, -0.1) is 0 Å². The van der Waals surface area contributed by atoms with Gasteiger partial charge in [-0.2, -0.15) is 11.8 Å². The van der Waals surface area contributed by atoms with Crippen LogP contribution in [0.2, 0.25) is 0 Å². The van der Waals surface area contributed by atoms with Gasteiger partial charge in [0.25, 0.3) is 0 Å².